The Morgan fingerprint density at radius 3 is 2.07 bits per heavy atom. The third-order valence-corrected chi connectivity index (χ3v) is 5.14. The van der Waals surface area contributed by atoms with Crippen molar-refractivity contribution in [2.45, 2.75) is 6.92 Å². The Morgan fingerprint density at radius 1 is 0.933 bits per heavy atom. The van der Waals surface area contributed by atoms with E-state index in [2.05, 4.69) is 4.98 Å². The first-order valence-corrected chi connectivity index (χ1v) is 9.06. The number of aromatic nitrogens is 1. The smallest absolute Gasteiger partial charge is 0.298 e. The molecular formula is C22H18N2O6. The van der Waals surface area contributed by atoms with Gasteiger partial charge in [-0.15, -0.1) is 0 Å². The lowest BCUT2D eigenvalue weighted by atomic mass is 9.94. The number of carbonyl (C=O) groups is 1. The first kappa shape index (κ1) is 19.4. The Balaban J connectivity index is 2.13. The third-order valence-electron chi connectivity index (χ3n) is 5.14. The summed E-state index contributed by atoms with van der Waals surface area (Å²) in [7, 11) is 4.38. The predicted molar refractivity (Wildman–Crippen MR) is 110 cm³/mol. The minimum atomic E-state index is -0.516. The zero-order valence-electron chi connectivity index (χ0n) is 16.8. The van der Waals surface area contributed by atoms with Crippen LogP contribution >= 0.6 is 0 Å². The molecule has 0 radical (unpaired) electrons. The van der Waals surface area contributed by atoms with E-state index in [0.717, 1.165) is 0 Å². The van der Waals surface area contributed by atoms with Crippen molar-refractivity contribution in [1.82, 2.24) is 4.98 Å². The fourth-order valence-electron chi connectivity index (χ4n) is 3.86. The van der Waals surface area contributed by atoms with Crippen molar-refractivity contribution >= 4 is 11.5 Å². The number of aryl methyl sites for hydroxylation is 1. The molecule has 0 fully saturated rings. The molecule has 2 aromatic carbocycles. The van der Waals surface area contributed by atoms with Crippen molar-refractivity contribution in [2.24, 2.45) is 0 Å². The molecule has 8 nitrogen and oxygen atoms in total. The number of ketones is 1. The molecule has 0 atom stereocenters. The molecule has 4 rings (SSSR count). The number of nitrogens with zero attached hydrogens (tertiary/aromatic N) is 2. The van der Waals surface area contributed by atoms with Crippen molar-refractivity contribution in [3.8, 4) is 39.6 Å². The zero-order chi connectivity index (χ0) is 21.6. The van der Waals surface area contributed by atoms with Gasteiger partial charge in [-0.3, -0.25) is 14.9 Å². The van der Waals surface area contributed by atoms with E-state index in [4.69, 9.17) is 14.2 Å². The summed E-state index contributed by atoms with van der Waals surface area (Å²) in [6.07, 6.45) is 0. The Labute approximate surface area is 172 Å². The minimum absolute atomic E-state index is 0.183. The number of fused-ring (bicyclic) bond motifs is 3. The molecule has 3 aromatic rings. The monoisotopic (exact) mass is 406 g/mol. The quantitative estimate of drug-likeness (QED) is 0.362. The first-order valence-electron chi connectivity index (χ1n) is 9.06. The van der Waals surface area contributed by atoms with Crippen LogP contribution in [-0.2, 0) is 0 Å². The molecule has 0 bridgehead atoms. The molecule has 152 valence electrons. The molecule has 0 N–H and O–H groups in total. The van der Waals surface area contributed by atoms with E-state index < -0.39 is 4.92 Å². The van der Waals surface area contributed by atoms with E-state index in [0.29, 0.717) is 39.6 Å². The molecule has 0 saturated heterocycles. The van der Waals surface area contributed by atoms with Gasteiger partial charge < -0.3 is 14.2 Å². The number of benzene rings is 2. The van der Waals surface area contributed by atoms with E-state index >= 15 is 0 Å². The molecule has 1 aliphatic carbocycles. The number of hydrogen-bond acceptors (Lipinski definition) is 7. The summed E-state index contributed by atoms with van der Waals surface area (Å²) in [4.78, 5) is 29.2. The van der Waals surface area contributed by atoms with E-state index in [-0.39, 0.29) is 28.3 Å². The second-order valence-electron chi connectivity index (χ2n) is 6.69. The summed E-state index contributed by atoms with van der Waals surface area (Å²) < 4.78 is 16.2. The zero-order valence-corrected chi connectivity index (χ0v) is 16.8. The Bertz CT molecular complexity index is 1190. The number of pyridine rings is 1. The first-order chi connectivity index (χ1) is 14.4. The van der Waals surface area contributed by atoms with Crippen LogP contribution in [0.15, 0.2) is 36.4 Å². The van der Waals surface area contributed by atoms with E-state index in [1.54, 1.807) is 43.3 Å². The Kier molecular flexibility index (Phi) is 4.62. The van der Waals surface area contributed by atoms with Gasteiger partial charge in [0.1, 0.15) is 5.69 Å². The molecule has 0 saturated carbocycles. The van der Waals surface area contributed by atoms with E-state index in [1.165, 1.54) is 21.3 Å². The summed E-state index contributed by atoms with van der Waals surface area (Å²) in [5.41, 5.74) is 2.32. The maximum Gasteiger partial charge on any atom is 0.298 e. The number of hydrogen-bond donors (Lipinski definition) is 0. The lowest BCUT2D eigenvalue weighted by Gasteiger charge is -2.16. The molecule has 1 aromatic heterocycles. The van der Waals surface area contributed by atoms with Gasteiger partial charge in [-0.05, 0) is 24.6 Å². The van der Waals surface area contributed by atoms with Crippen LogP contribution in [0.2, 0.25) is 0 Å². The van der Waals surface area contributed by atoms with Gasteiger partial charge in [0.05, 0.1) is 43.1 Å². The summed E-state index contributed by atoms with van der Waals surface area (Å²) in [6.45, 7) is 1.56. The summed E-state index contributed by atoms with van der Waals surface area (Å²) >= 11 is 0. The fraction of sp³-hybridized carbons (Fsp3) is 0.182. The summed E-state index contributed by atoms with van der Waals surface area (Å²) in [6, 6.07) is 10.2. The molecule has 30 heavy (non-hydrogen) atoms. The fourth-order valence-corrected chi connectivity index (χ4v) is 3.86. The molecule has 1 aliphatic rings. The highest BCUT2D eigenvalue weighted by atomic mass is 16.6. The van der Waals surface area contributed by atoms with Crippen LogP contribution in [0.5, 0.6) is 17.2 Å². The predicted octanol–water partition coefficient (Wildman–Crippen LogP) is 4.20. The largest absolute Gasteiger partial charge is 0.493 e. The van der Waals surface area contributed by atoms with Crippen molar-refractivity contribution in [3.63, 3.8) is 0 Å². The van der Waals surface area contributed by atoms with Crippen LogP contribution < -0.4 is 14.2 Å². The number of rotatable bonds is 5. The number of carbonyl (C=O) groups excluding carboxylic acids is 1. The van der Waals surface area contributed by atoms with Gasteiger partial charge >= 0.3 is 0 Å². The molecule has 0 amide bonds. The van der Waals surface area contributed by atoms with Gasteiger partial charge in [0.2, 0.25) is 5.75 Å². The Morgan fingerprint density at radius 2 is 1.53 bits per heavy atom. The number of methoxy groups -OCH3 is 3. The SMILES string of the molecule is COc1cc(-c2c3c(nc(C)c2[N+](=O)[O-])-c2ccccc2C3=O)cc(OC)c1OC. The number of nitro groups is 1. The van der Waals surface area contributed by atoms with Gasteiger partial charge in [-0.1, -0.05) is 24.3 Å². The van der Waals surface area contributed by atoms with Crippen LogP contribution in [0, 0.1) is 17.0 Å². The van der Waals surface area contributed by atoms with Crippen molar-refractivity contribution in [3.05, 3.63) is 63.3 Å². The van der Waals surface area contributed by atoms with Gasteiger partial charge in [-0.25, -0.2) is 4.98 Å². The minimum Gasteiger partial charge on any atom is -0.493 e. The maximum atomic E-state index is 13.3. The lowest BCUT2D eigenvalue weighted by Crippen LogP contribution is -2.06. The third kappa shape index (κ3) is 2.68. The second kappa shape index (κ2) is 7.14. The highest BCUT2D eigenvalue weighted by Gasteiger charge is 2.37. The summed E-state index contributed by atoms with van der Waals surface area (Å²) in [5, 5.41) is 12.0. The number of ether oxygens (including phenoxy) is 3. The van der Waals surface area contributed by atoms with Gasteiger partial charge in [0, 0.05) is 11.1 Å². The van der Waals surface area contributed by atoms with Crippen molar-refractivity contribution in [1.29, 1.82) is 0 Å². The average Bonchev–Trinajstić information content (AvgIpc) is 3.03. The summed E-state index contributed by atoms with van der Waals surface area (Å²) in [5.74, 6) is 0.697. The van der Waals surface area contributed by atoms with E-state index in [9.17, 15) is 14.9 Å². The van der Waals surface area contributed by atoms with Crippen molar-refractivity contribution in [2.75, 3.05) is 21.3 Å². The lowest BCUT2D eigenvalue weighted by molar-refractivity contribution is -0.385. The van der Waals surface area contributed by atoms with Crippen LogP contribution in [0.4, 0.5) is 5.69 Å². The topological polar surface area (TPSA) is 101 Å². The standard InChI is InChI=1S/C22H18N2O6/c1-11-20(24(26)27)17(12-9-15(28-2)22(30-4)16(10-12)29-3)18-19(23-11)13-7-5-6-8-14(13)21(18)25/h5-10H,1-4H3. The highest BCUT2D eigenvalue weighted by Crippen LogP contribution is 2.49. The molecule has 1 heterocycles. The molecule has 8 heteroatoms. The van der Waals surface area contributed by atoms with Gasteiger partial charge in [0.15, 0.2) is 17.3 Å². The van der Waals surface area contributed by atoms with Crippen LogP contribution in [0.3, 0.4) is 0 Å². The molecule has 0 aliphatic heterocycles. The maximum absolute atomic E-state index is 13.3. The van der Waals surface area contributed by atoms with Crippen LogP contribution in [0.25, 0.3) is 22.4 Å². The highest BCUT2D eigenvalue weighted by molar-refractivity contribution is 6.25. The van der Waals surface area contributed by atoms with Crippen LogP contribution in [-0.4, -0.2) is 37.0 Å². The van der Waals surface area contributed by atoms with Gasteiger partial charge in [0.25, 0.3) is 5.69 Å². The molecular weight excluding hydrogens is 388 g/mol. The normalized spacial score (nSPS) is 11.7. The molecule has 0 unspecified atom stereocenters. The second-order valence-corrected chi connectivity index (χ2v) is 6.69. The average molecular weight is 406 g/mol. The molecule has 0 spiro atoms. The Hall–Kier alpha value is -3.94. The van der Waals surface area contributed by atoms with Crippen LogP contribution in [0.1, 0.15) is 21.6 Å². The van der Waals surface area contributed by atoms with E-state index in [1.807, 2.05) is 0 Å². The van der Waals surface area contributed by atoms with Crippen molar-refractivity contribution < 1.29 is 23.9 Å². The van der Waals surface area contributed by atoms with Gasteiger partial charge in [-0.2, -0.15) is 0 Å².